The van der Waals surface area contributed by atoms with Gasteiger partial charge in [-0.25, -0.2) is 0 Å². The first-order valence-corrected chi connectivity index (χ1v) is 7.22. The summed E-state index contributed by atoms with van der Waals surface area (Å²) in [5.74, 6) is 0. The second kappa shape index (κ2) is 7.11. The summed E-state index contributed by atoms with van der Waals surface area (Å²) in [6.07, 6.45) is 2.28. The number of hydrogen-bond donors (Lipinski definition) is 1. The first-order valence-electron chi connectivity index (χ1n) is 7.22. The van der Waals surface area contributed by atoms with Crippen LogP contribution < -0.4 is 5.73 Å². The van der Waals surface area contributed by atoms with Crippen LogP contribution in [0.5, 0.6) is 0 Å². The van der Waals surface area contributed by atoms with Crippen LogP contribution in [-0.2, 0) is 13.0 Å². The molecular weight excluding hydrogens is 244 g/mol. The molecule has 2 rings (SSSR count). The van der Waals surface area contributed by atoms with Gasteiger partial charge in [0.15, 0.2) is 0 Å². The Morgan fingerprint density at radius 2 is 1.50 bits per heavy atom. The molecule has 0 fully saturated rings. The van der Waals surface area contributed by atoms with Gasteiger partial charge in [0, 0.05) is 12.2 Å². The van der Waals surface area contributed by atoms with Crippen LogP contribution in [-0.4, -0.2) is 18.5 Å². The second-order valence-corrected chi connectivity index (χ2v) is 5.57. The maximum atomic E-state index is 5.69. The second-order valence-electron chi connectivity index (χ2n) is 5.57. The predicted octanol–water partition coefficient (Wildman–Crippen LogP) is 3.64. The maximum absolute atomic E-state index is 5.69. The largest absolute Gasteiger partial charge is 0.399 e. The number of aryl methyl sites for hydroxylation is 2. The van der Waals surface area contributed by atoms with E-state index in [9.17, 15) is 0 Å². The van der Waals surface area contributed by atoms with Gasteiger partial charge in [-0.1, -0.05) is 42.0 Å². The Hall–Kier alpha value is -1.80. The summed E-state index contributed by atoms with van der Waals surface area (Å²) < 4.78 is 0. The zero-order chi connectivity index (χ0) is 14.4. The number of nitrogens with zero attached hydrogens (tertiary/aromatic N) is 1. The zero-order valence-corrected chi connectivity index (χ0v) is 12.5. The van der Waals surface area contributed by atoms with Crippen LogP contribution >= 0.6 is 0 Å². The Kier molecular flexibility index (Phi) is 5.19. The van der Waals surface area contributed by atoms with E-state index in [4.69, 9.17) is 5.73 Å². The smallest absolute Gasteiger partial charge is 0.0314 e. The molecule has 0 radical (unpaired) electrons. The van der Waals surface area contributed by atoms with Gasteiger partial charge in [0.2, 0.25) is 0 Å². The monoisotopic (exact) mass is 268 g/mol. The lowest BCUT2D eigenvalue weighted by atomic mass is 10.1. The number of nitrogen functional groups attached to an aromatic ring is 1. The standard InChI is InChI=1S/C18H24N2/c1-15-5-7-17(8-6-15)14-20(2)13-3-4-16-9-11-18(19)12-10-16/h5-12H,3-4,13-14,19H2,1-2H3. The number of nitrogens with two attached hydrogens (primary N) is 1. The van der Waals surface area contributed by atoms with Crippen molar-refractivity contribution < 1.29 is 0 Å². The Bertz CT molecular complexity index is 514. The van der Waals surface area contributed by atoms with Gasteiger partial charge in [0.25, 0.3) is 0 Å². The molecular formula is C18H24N2. The van der Waals surface area contributed by atoms with Crippen molar-refractivity contribution in [2.24, 2.45) is 0 Å². The van der Waals surface area contributed by atoms with E-state index in [0.29, 0.717) is 0 Å². The van der Waals surface area contributed by atoms with Gasteiger partial charge in [-0.05, 0) is 56.6 Å². The van der Waals surface area contributed by atoms with Crippen LogP contribution in [0.4, 0.5) is 5.69 Å². The van der Waals surface area contributed by atoms with E-state index < -0.39 is 0 Å². The molecule has 20 heavy (non-hydrogen) atoms. The molecule has 0 aliphatic heterocycles. The van der Waals surface area contributed by atoms with Crippen molar-refractivity contribution >= 4 is 5.69 Å². The highest BCUT2D eigenvalue weighted by Gasteiger charge is 2.01. The molecule has 0 saturated heterocycles. The van der Waals surface area contributed by atoms with Crippen molar-refractivity contribution in [1.29, 1.82) is 0 Å². The van der Waals surface area contributed by atoms with Gasteiger partial charge in [-0.15, -0.1) is 0 Å². The molecule has 0 spiro atoms. The summed E-state index contributed by atoms with van der Waals surface area (Å²) in [5.41, 5.74) is 10.6. The SMILES string of the molecule is Cc1ccc(CN(C)CCCc2ccc(N)cc2)cc1. The molecule has 0 aliphatic carbocycles. The minimum Gasteiger partial charge on any atom is -0.399 e. The molecule has 2 aromatic rings. The van der Waals surface area contributed by atoms with Crippen molar-refractivity contribution in [3.05, 3.63) is 65.2 Å². The first-order chi connectivity index (χ1) is 9.63. The molecule has 0 aliphatic rings. The molecule has 0 heterocycles. The van der Waals surface area contributed by atoms with Gasteiger partial charge in [0.05, 0.1) is 0 Å². The maximum Gasteiger partial charge on any atom is 0.0314 e. The lowest BCUT2D eigenvalue weighted by Crippen LogP contribution is -2.19. The summed E-state index contributed by atoms with van der Waals surface area (Å²) >= 11 is 0. The highest BCUT2D eigenvalue weighted by molar-refractivity contribution is 5.39. The molecule has 0 atom stereocenters. The van der Waals surface area contributed by atoms with E-state index in [1.165, 1.54) is 23.1 Å². The molecule has 0 saturated carbocycles. The number of rotatable bonds is 6. The van der Waals surface area contributed by atoms with E-state index in [1.54, 1.807) is 0 Å². The third-order valence-electron chi connectivity index (χ3n) is 3.56. The van der Waals surface area contributed by atoms with Gasteiger partial charge in [-0.2, -0.15) is 0 Å². The van der Waals surface area contributed by atoms with Gasteiger partial charge < -0.3 is 10.6 Å². The molecule has 0 amide bonds. The Balaban J connectivity index is 1.73. The van der Waals surface area contributed by atoms with Crippen molar-refractivity contribution in [3.8, 4) is 0 Å². The molecule has 2 aromatic carbocycles. The summed E-state index contributed by atoms with van der Waals surface area (Å²) in [4.78, 5) is 2.38. The minimum atomic E-state index is 0.838. The fourth-order valence-electron chi connectivity index (χ4n) is 2.32. The van der Waals surface area contributed by atoms with Crippen LogP contribution in [0.2, 0.25) is 0 Å². The quantitative estimate of drug-likeness (QED) is 0.810. The summed E-state index contributed by atoms with van der Waals surface area (Å²) in [5, 5.41) is 0. The fraction of sp³-hybridized carbons (Fsp3) is 0.333. The average molecular weight is 268 g/mol. The third-order valence-corrected chi connectivity index (χ3v) is 3.56. The molecule has 0 unspecified atom stereocenters. The third kappa shape index (κ3) is 4.71. The fourth-order valence-corrected chi connectivity index (χ4v) is 2.32. The van der Waals surface area contributed by atoms with Gasteiger partial charge in [0.1, 0.15) is 0 Å². The molecule has 106 valence electrons. The Morgan fingerprint density at radius 1 is 0.900 bits per heavy atom. The van der Waals surface area contributed by atoms with Crippen LogP contribution in [0.1, 0.15) is 23.1 Å². The molecule has 2 N–H and O–H groups in total. The van der Waals surface area contributed by atoms with Crippen molar-refractivity contribution in [1.82, 2.24) is 4.90 Å². The lowest BCUT2D eigenvalue weighted by molar-refractivity contribution is 0.322. The summed E-state index contributed by atoms with van der Waals surface area (Å²) in [7, 11) is 2.18. The molecule has 2 nitrogen and oxygen atoms in total. The molecule has 0 aromatic heterocycles. The first kappa shape index (κ1) is 14.6. The van der Waals surface area contributed by atoms with Gasteiger partial charge >= 0.3 is 0 Å². The van der Waals surface area contributed by atoms with Crippen molar-refractivity contribution in [3.63, 3.8) is 0 Å². The number of hydrogen-bond acceptors (Lipinski definition) is 2. The van der Waals surface area contributed by atoms with Crippen molar-refractivity contribution in [2.75, 3.05) is 19.3 Å². The predicted molar refractivity (Wildman–Crippen MR) is 86.7 cm³/mol. The van der Waals surface area contributed by atoms with E-state index in [1.807, 2.05) is 12.1 Å². The van der Waals surface area contributed by atoms with E-state index >= 15 is 0 Å². The lowest BCUT2D eigenvalue weighted by Gasteiger charge is -2.16. The summed E-state index contributed by atoms with van der Waals surface area (Å²) in [6, 6.07) is 17.0. The summed E-state index contributed by atoms with van der Waals surface area (Å²) in [6.45, 7) is 4.25. The van der Waals surface area contributed by atoms with Crippen molar-refractivity contribution in [2.45, 2.75) is 26.3 Å². The van der Waals surface area contributed by atoms with Crippen LogP contribution in [0.15, 0.2) is 48.5 Å². The molecule has 0 bridgehead atoms. The van der Waals surface area contributed by atoms with Gasteiger partial charge in [-0.3, -0.25) is 0 Å². The highest BCUT2D eigenvalue weighted by atomic mass is 15.1. The average Bonchev–Trinajstić information content (AvgIpc) is 2.44. The van der Waals surface area contributed by atoms with E-state index in [2.05, 4.69) is 55.3 Å². The number of benzene rings is 2. The highest BCUT2D eigenvalue weighted by Crippen LogP contribution is 2.09. The zero-order valence-electron chi connectivity index (χ0n) is 12.5. The number of anilines is 1. The van der Waals surface area contributed by atoms with E-state index in [-0.39, 0.29) is 0 Å². The normalized spacial score (nSPS) is 10.9. The Labute approximate surface area is 122 Å². The van der Waals surface area contributed by atoms with Crippen LogP contribution in [0, 0.1) is 6.92 Å². The molecule has 2 heteroatoms. The van der Waals surface area contributed by atoms with Crippen LogP contribution in [0.3, 0.4) is 0 Å². The Morgan fingerprint density at radius 3 is 2.15 bits per heavy atom. The minimum absolute atomic E-state index is 0.838. The van der Waals surface area contributed by atoms with Crippen LogP contribution in [0.25, 0.3) is 0 Å². The van der Waals surface area contributed by atoms with E-state index in [0.717, 1.165) is 25.2 Å². The topological polar surface area (TPSA) is 29.3 Å².